The van der Waals surface area contributed by atoms with Gasteiger partial charge in [-0.05, 0) is 100 Å². The highest BCUT2D eigenvalue weighted by molar-refractivity contribution is 7.80. The van der Waals surface area contributed by atoms with Crippen molar-refractivity contribution >= 4 is 34.6 Å². The molecule has 0 radical (unpaired) electrons. The molecular weight excluding hydrogens is 528 g/mol. The van der Waals surface area contributed by atoms with E-state index in [1.807, 2.05) is 54.7 Å². The Bertz CT molecular complexity index is 1480. The number of thiocarbonyl (C=S) groups is 1. The molecule has 5 rings (SSSR count). The fourth-order valence-electron chi connectivity index (χ4n) is 5.84. The van der Waals surface area contributed by atoms with E-state index in [2.05, 4.69) is 88.0 Å². The molecule has 41 heavy (non-hydrogen) atoms. The third-order valence-corrected chi connectivity index (χ3v) is 8.21. The molecule has 2 unspecified atom stereocenters. The standard InChI is InChI=1S/C33H38N6OS/c1-5-37(6-2)26-15-17-27(18-16-26)39-23(3)22-28(24(39)4)32-31(29-14-10-11-20-34-29)36-33(41)38(32)21-19-30(40)35-25-12-8-7-9-13-25/h7-18,20,22,31-32H,5-6,19,21H2,1-4H3,(H,35,40)(H,36,41). The van der Waals surface area contributed by atoms with Gasteiger partial charge in [0.2, 0.25) is 5.91 Å². The van der Waals surface area contributed by atoms with Crippen molar-refractivity contribution in [2.45, 2.75) is 46.2 Å². The number of amides is 1. The lowest BCUT2D eigenvalue weighted by Crippen LogP contribution is -2.32. The van der Waals surface area contributed by atoms with Gasteiger partial charge in [-0.3, -0.25) is 9.78 Å². The van der Waals surface area contributed by atoms with Crippen molar-refractivity contribution in [1.29, 1.82) is 0 Å². The lowest BCUT2D eigenvalue weighted by molar-refractivity contribution is -0.116. The third-order valence-electron chi connectivity index (χ3n) is 7.86. The van der Waals surface area contributed by atoms with Gasteiger partial charge >= 0.3 is 0 Å². The molecule has 1 aliphatic rings. The van der Waals surface area contributed by atoms with Gasteiger partial charge in [0.05, 0.1) is 17.8 Å². The van der Waals surface area contributed by atoms with Gasteiger partial charge in [-0.25, -0.2) is 0 Å². The molecule has 2 aromatic heterocycles. The number of aryl methyl sites for hydroxylation is 1. The van der Waals surface area contributed by atoms with Gasteiger partial charge in [-0.1, -0.05) is 24.3 Å². The molecule has 212 valence electrons. The Morgan fingerprint density at radius 3 is 2.37 bits per heavy atom. The summed E-state index contributed by atoms with van der Waals surface area (Å²) in [4.78, 5) is 22.0. The van der Waals surface area contributed by atoms with Crippen LogP contribution in [0.15, 0.2) is 85.1 Å². The average molecular weight is 567 g/mol. The predicted octanol–water partition coefficient (Wildman–Crippen LogP) is 6.34. The molecule has 3 heterocycles. The summed E-state index contributed by atoms with van der Waals surface area (Å²) in [6.07, 6.45) is 2.13. The third kappa shape index (κ3) is 5.98. The maximum Gasteiger partial charge on any atom is 0.226 e. The average Bonchev–Trinajstić information content (AvgIpc) is 3.48. The van der Waals surface area contributed by atoms with Crippen molar-refractivity contribution < 1.29 is 4.79 Å². The molecule has 1 amide bonds. The van der Waals surface area contributed by atoms with E-state index in [4.69, 9.17) is 12.2 Å². The number of carbonyl (C=O) groups is 1. The number of hydrogen-bond donors (Lipinski definition) is 2. The maximum absolute atomic E-state index is 12.9. The second-order valence-electron chi connectivity index (χ2n) is 10.3. The van der Waals surface area contributed by atoms with Gasteiger partial charge in [0.15, 0.2) is 5.11 Å². The molecule has 1 aliphatic heterocycles. The normalized spacial score (nSPS) is 16.5. The molecule has 2 atom stereocenters. The van der Waals surface area contributed by atoms with Gasteiger partial charge in [-0.2, -0.15) is 0 Å². The highest BCUT2D eigenvalue weighted by Crippen LogP contribution is 2.41. The SMILES string of the molecule is CCN(CC)c1ccc(-n2c(C)cc(C3C(c4ccccn4)NC(=S)N3CCC(=O)Nc3ccccc3)c2C)cc1. The monoisotopic (exact) mass is 566 g/mol. The molecule has 8 heteroatoms. The van der Waals surface area contributed by atoms with E-state index in [0.717, 1.165) is 41.5 Å². The minimum atomic E-state index is -0.139. The summed E-state index contributed by atoms with van der Waals surface area (Å²) < 4.78 is 2.30. The van der Waals surface area contributed by atoms with Gasteiger partial charge in [-0.15, -0.1) is 0 Å². The van der Waals surface area contributed by atoms with E-state index in [1.165, 1.54) is 11.3 Å². The Labute approximate surface area is 248 Å². The summed E-state index contributed by atoms with van der Waals surface area (Å²) >= 11 is 5.86. The number of carbonyl (C=O) groups excluding carboxylic acids is 1. The van der Waals surface area contributed by atoms with Crippen molar-refractivity contribution in [1.82, 2.24) is 19.8 Å². The first-order valence-electron chi connectivity index (χ1n) is 14.3. The van der Waals surface area contributed by atoms with Crippen LogP contribution in [-0.2, 0) is 4.79 Å². The van der Waals surface area contributed by atoms with Gasteiger partial charge in [0, 0.05) is 60.7 Å². The largest absolute Gasteiger partial charge is 0.372 e. The van der Waals surface area contributed by atoms with E-state index in [0.29, 0.717) is 18.1 Å². The number of pyridine rings is 1. The molecule has 1 fully saturated rings. The van der Waals surface area contributed by atoms with Crippen LogP contribution in [0.1, 0.15) is 55.0 Å². The summed E-state index contributed by atoms with van der Waals surface area (Å²) in [5.74, 6) is -0.0437. The first-order valence-corrected chi connectivity index (χ1v) is 14.7. The molecule has 0 saturated carbocycles. The molecule has 0 spiro atoms. The molecule has 2 N–H and O–H groups in total. The smallest absolute Gasteiger partial charge is 0.226 e. The highest BCUT2D eigenvalue weighted by Gasteiger charge is 2.41. The number of rotatable bonds is 10. The second-order valence-corrected chi connectivity index (χ2v) is 10.7. The summed E-state index contributed by atoms with van der Waals surface area (Å²) in [5.41, 5.74) is 7.52. The lowest BCUT2D eigenvalue weighted by atomic mass is 9.96. The van der Waals surface area contributed by atoms with Gasteiger partial charge in [0.25, 0.3) is 0 Å². The molecule has 2 aromatic carbocycles. The quantitative estimate of drug-likeness (QED) is 0.219. The summed E-state index contributed by atoms with van der Waals surface area (Å²) in [7, 11) is 0. The van der Waals surface area contributed by atoms with Crippen molar-refractivity contribution in [2.75, 3.05) is 29.9 Å². The van der Waals surface area contributed by atoms with Gasteiger partial charge < -0.3 is 25.0 Å². The minimum absolute atomic E-state index is 0.0437. The summed E-state index contributed by atoms with van der Waals surface area (Å²) in [5, 5.41) is 7.15. The Balaban J connectivity index is 1.46. The van der Waals surface area contributed by atoms with Crippen LogP contribution in [0.3, 0.4) is 0 Å². The van der Waals surface area contributed by atoms with Crippen LogP contribution in [0.4, 0.5) is 11.4 Å². The second kappa shape index (κ2) is 12.6. The fourth-order valence-corrected chi connectivity index (χ4v) is 6.17. The summed E-state index contributed by atoms with van der Waals surface area (Å²) in [6, 6.07) is 26.3. The van der Waals surface area contributed by atoms with Crippen LogP contribution in [0.5, 0.6) is 0 Å². The van der Waals surface area contributed by atoms with Crippen LogP contribution < -0.4 is 15.5 Å². The number of nitrogens with zero attached hydrogens (tertiary/aromatic N) is 4. The predicted molar refractivity (Wildman–Crippen MR) is 171 cm³/mol. The zero-order valence-electron chi connectivity index (χ0n) is 24.2. The molecule has 1 saturated heterocycles. The van der Waals surface area contributed by atoms with Crippen molar-refractivity contribution in [2.24, 2.45) is 0 Å². The Morgan fingerprint density at radius 2 is 1.71 bits per heavy atom. The molecule has 0 bridgehead atoms. The molecule has 4 aromatic rings. The van der Waals surface area contributed by atoms with E-state index >= 15 is 0 Å². The Kier molecular flexibility index (Phi) is 8.69. The number of para-hydroxylation sites is 1. The highest BCUT2D eigenvalue weighted by atomic mass is 32.1. The van der Waals surface area contributed by atoms with E-state index in [9.17, 15) is 4.79 Å². The number of hydrogen-bond acceptors (Lipinski definition) is 4. The van der Waals surface area contributed by atoms with Crippen molar-refractivity contribution in [3.05, 3.63) is 108 Å². The van der Waals surface area contributed by atoms with Crippen LogP contribution in [-0.4, -0.2) is 45.1 Å². The molecule has 7 nitrogen and oxygen atoms in total. The van der Waals surface area contributed by atoms with E-state index in [1.54, 1.807) is 0 Å². The minimum Gasteiger partial charge on any atom is -0.372 e. The van der Waals surface area contributed by atoms with Crippen molar-refractivity contribution in [3.8, 4) is 5.69 Å². The van der Waals surface area contributed by atoms with Crippen LogP contribution in [0, 0.1) is 13.8 Å². The van der Waals surface area contributed by atoms with Crippen molar-refractivity contribution in [3.63, 3.8) is 0 Å². The Morgan fingerprint density at radius 1 is 1.00 bits per heavy atom. The number of nitrogens with one attached hydrogen (secondary N) is 2. The van der Waals surface area contributed by atoms with E-state index in [-0.39, 0.29) is 18.0 Å². The van der Waals surface area contributed by atoms with Gasteiger partial charge in [0.1, 0.15) is 0 Å². The number of aromatic nitrogens is 2. The molecule has 0 aliphatic carbocycles. The first-order chi connectivity index (χ1) is 19.9. The first kappa shape index (κ1) is 28.4. The number of anilines is 2. The van der Waals surface area contributed by atoms with Crippen LogP contribution in [0.2, 0.25) is 0 Å². The fraction of sp³-hybridized carbons (Fsp3) is 0.303. The topological polar surface area (TPSA) is 65.4 Å². The zero-order valence-corrected chi connectivity index (χ0v) is 25.0. The molecular formula is C33H38N6OS. The van der Waals surface area contributed by atoms with Crippen LogP contribution >= 0.6 is 12.2 Å². The lowest BCUT2D eigenvalue weighted by Gasteiger charge is -2.28. The summed E-state index contributed by atoms with van der Waals surface area (Å²) in [6.45, 7) is 11.1. The van der Waals surface area contributed by atoms with Crippen LogP contribution in [0.25, 0.3) is 5.69 Å². The Hall–Kier alpha value is -4.17. The number of benzene rings is 2. The zero-order chi connectivity index (χ0) is 28.9. The van der Waals surface area contributed by atoms with E-state index < -0.39 is 0 Å². The maximum atomic E-state index is 12.9.